The number of nitrogens with one attached hydrogen (secondary N) is 1. The molecule has 6 heteroatoms. The van der Waals surface area contributed by atoms with Crippen LogP contribution in [0.3, 0.4) is 0 Å². The normalized spacial score (nSPS) is 10.6. The van der Waals surface area contributed by atoms with Crippen LogP contribution in [-0.4, -0.2) is 20.1 Å². The van der Waals surface area contributed by atoms with Crippen molar-refractivity contribution in [2.45, 2.75) is 0 Å². The van der Waals surface area contributed by atoms with Gasteiger partial charge in [-0.3, -0.25) is 4.79 Å². The highest BCUT2D eigenvalue weighted by molar-refractivity contribution is 6.02. The molecule has 1 N–H and O–H groups in total. The molecule has 0 spiro atoms. The first-order chi connectivity index (χ1) is 11.1. The maximum Gasteiger partial charge on any atom is 0.248 e. The number of rotatable bonds is 5. The number of hydrogen-bond donors (Lipinski definition) is 1. The van der Waals surface area contributed by atoms with Crippen molar-refractivity contribution in [1.82, 2.24) is 0 Å². The van der Waals surface area contributed by atoms with Gasteiger partial charge in [0.25, 0.3) is 0 Å². The van der Waals surface area contributed by atoms with Gasteiger partial charge < -0.3 is 14.8 Å². The SMILES string of the molecule is COc1cccc(OC)c1/C=C/C(=O)Nc1c(F)cccc1F. The summed E-state index contributed by atoms with van der Waals surface area (Å²) in [7, 11) is 2.97. The van der Waals surface area contributed by atoms with Gasteiger partial charge >= 0.3 is 0 Å². The fraction of sp³-hybridized carbons (Fsp3) is 0.118. The zero-order valence-electron chi connectivity index (χ0n) is 12.6. The molecule has 0 fully saturated rings. The van der Waals surface area contributed by atoms with Crippen LogP contribution in [0.1, 0.15) is 5.56 Å². The van der Waals surface area contributed by atoms with E-state index in [1.807, 2.05) is 0 Å². The van der Waals surface area contributed by atoms with Gasteiger partial charge in [0.05, 0.1) is 19.8 Å². The van der Waals surface area contributed by atoms with E-state index < -0.39 is 23.2 Å². The van der Waals surface area contributed by atoms with Gasteiger partial charge in [-0.25, -0.2) is 8.78 Å². The van der Waals surface area contributed by atoms with Gasteiger partial charge in [-0.05, 0) is 30.3 Å². The molecule has 2 rings (SSSR count). The summed E-state index contributed by atoms with van der Waals surface area (Å²) in [6.07, 6.45) is 2.60. The second-order valence-corrected chi connectivity index (χ2v) is 4.50. The van der Waals surface area contributed by atoms with E-state index in [-0.39, 0.29) is 0 Å². The fourth-order valence-electron chi connectivity index (χ4n) is 1.99. The minimum absolute atomic E-state index is 0.492. The Balaban J connectivity index is 2.22. The molecule has 2 aromatic carbocycles. The van der Waals surface area contributed by atoms with Crippen LogP contribution in [0, 0.1) is 11.6 Å². The molecule has 0 aromatic heterocycles. The number of methoxy groups -OCH3 is 2. The van der Waals surface area contributed by atoms with Crippen LogP contribution in [0.2, 0.25) is 0 Å². The summed E-state index contributed by atoms with van der Waals surface area (Å²) < 4.78 is 37.4. The summed E-state index contributed by atoms with van der Waals surface area (Å²) >= 11 is 0. The monoisotopic (exact) mass is 319 g/mol. The number of hydrogen-bond acceptors (Lipinski definition) is 3. The van der Waals surface area contributed by atoms with Crippen molar-refractivity contribution in [3.8, 4) is 11.5 Å². The Bertz CT molecular complexity index is 702. The average molecular weight is 319 g/mol. The summed E-state index contributed by atoms with van der Waals surface area (Å²) in [4.78, 5) is 11.9. The van der Waals surface area contributed by atoms with E-state index >= 15 is 0 Å². The van der Waals surface area contributed by atoms with Gasteiger partial charge in [-0.15, -0.1) is 0 Å². The first-order valence-electron chi connectivity index (χ1n) is 6.71. The summed E-state index contributed by atoms with van der Waals surface area (Å²) in [6, 6.07) is 8.49. The predicted octanol–water partition coefficient (Wildman–Crippen LogP) is 3.63. The number of anilines is 1. The van der Waals surface area contributed by atoms with E-state index in [2.05, 4.69) is 5.32 Å². The van der Waals surface area contributed by atoms with Crippen LogP contribution in [0.25, 0.3) is 6.08 Å². The van der Waals surface area contributed by atoms with Gasteiger partial charge in [-0.2, -0.15) is 0 Å². The summed E-state index contributed by atoms with van der Waals surface area (Å²) in [5.74, 6) is -1.36. The molecule has 23 heavy (non-hydrogen) atoms. The van der Waals surface area contributed by atoms with Crippen LogP contribution in [0.4, 0.5) is 14.5 Å². The van der Waals surface area contributed by atoms with Gasteiger partial charge in [-0.1, -0.05) is 12.1 Å². The standard InChI is InChI=1S/C17H15F2NO3/c1-22-14-7-4-8-15(23-2)11(14)9-10-16(21)20-17-12(18)5-3-6-13(17)19/h3-10H,1-2H3,(H,20,21)/b10-9+. The third-order valence-electron chi connectivity index (χ3n) is 3.08. The minimum Gasteiger partial charge on any atom is -0.496 e. The molecule has 1 amide bonds. The lowest BCUT2D eigenvalue weighted by molar-refractivity contribution is -0.111. The average Bonchev–Trinajstić information content (AvgIpc) is 2.56. The van der Waals surface area contributed by atoms with Gasteiger partial charge in [0.15, 0.2) is 0 Å². The Kier molecular flexibility index (Phi) is 5.30. The molecular weight excluding hydrogens is 304 g/mol. The van der Waals surface area contributed by atoms with E-state index in [4.69, 9.17) is 9.47 Å². The minimum atomic E-state index is -0.846. The molecule has 4 nitrogen and oxygen atoms in total. The van der Waals surface area contributed by atoms with Crippen molar-refractivity contribution in [2.75, 3.05) is 19.5 Å². The fourth-order valence-corrected chi connectivity index (χ4v) is 1.99. The smallest absolute Gasteiger partial charge is 0.248 e. The lowest BCUT2D eigenvalue weighted by Gasteiger charge is -2.09. The molecule has 0 aliphatic carbocycles. The maximum absolute atomic E-state index is 13.5. The zero-order chi connectivity index (χ0) is 16.8. The van der Waals surface area contributed by atoms with Crippen molar-refractivity contribution >= 4 is 17.7 Å². The highest BCUT2D eigenvalue weighted by atomic mass is 19.1. The number of amides is 1. The van der Waals surface area contributed by atoms with Crippen LogP contribution < -0.4 is 14.8 Å². The number of ether oxygens (including phenoxy) is 2. The topological polar surface area (TPSA) is 47.6 Å². The second kappa shape index (κ2) is 7.40. The molecule has 2 aromatic rings. The zero-order valence-corrected chi connectivity index (χ0v) is 12.6. The van der Waals surface area contributed by atoms with E-state index in [0.717, 1.165) is 18.2 Å². The third-order valence-corrected chi connectivity index (χ3v) is 3.08. The van der Waals surface area contributed by atoms with Gasteiger partial charge in [0, 0.05) is 6.08 Å². The van der Waals surface area contributed by atoms with Crippen LogP contribution in [0.5, 0.6) is 11.5 Å². The summed E-state index contributed by atoms with van der Waals surface area (Å²) in [5, 5.41) is 2.17. The van der Waals surface area contributed by atoms with E-state index in [1.165, 1.54) is 26.4 Å². The molecule has 120 valence electrons. The Hall–Kier alpha value is -2.89. The molecule has 0 atom stereocenters. The number of para-hydroxylation sites is 1. The first-order valence-corrected chi connectivity index (χ1v) is 6.71. The number of benzene rings is 2. The Morgan fingerprint density at radius 3 is 2.04 bits per heavy atom. The first kappa shape index (κ1) is 16.5. The molecule has 0 heterocycles. The Labute approximate surface area is 132 Å². The molecule has 0 aliphatic heterocycles. The second-order valence-electron chi connectivity index (χ2n) is 4.50. The molecule has 0 unspecified atom stereocenters. The number of carbonyl (C=O) groups excluding carboxylic acids is 1. The predicted molar refractivity (Wildman–Crippen MR) is 83.6 cm³/mol. The van der Waals surface area contributed by atoms with Crippen molar-refractivity contribution < 1.29 is 23.0 Å². The molecular formula is C17H15F2NO3. The van der Waals surface area contributed by atoms with E-state index in [0.29, 0.717) is 17.1 Å². The largest absolute Gasteiger partial charge is 0.496 e. The van der Waals surface area contributed by atoms with Crippen LogP contribution >= 0.6 is 0 Å². The summed E-state index contributed by atoms with van der Waals surface area (Å²) in [6.45, 7) is 0. The van der Waals surface area contributed by atoms with Crippen molar-refractivity contribution in [2.24, 2.45) is 0 Å². The quantitative estimate of drug-likeness (QED) is 0.856. The van der Waals surface area contributed by atoms with E-state index in [1.54, 1.807) is 18.2 Å². The molecule has 0 saturated heterocycles. The van der Waals surface area contributed by atoms with Crippen LogP contribution in [0.15, 0.2) is 42.5 Å². The lowest BCUT2D eigenvalue weighted by Crippen LogP contribution is -2.11. The van der Waals surface area contributed by atoms with Crippen molar-refractivity contribution in [1.29, 1.82) is 0 Å². The highest BCUT2D eigenvalue weighted by Crippen LogP contribution is 2.29. The number of halogens is 2. The molecule has 0 bridgehead atoms. The van der Waals surface area contributed by atoms with Gasteiger partial charge in [0.2, 0.25) is 5.91 Å². The van der Waals surface area contributed by atoms with Crippen LogP contribution in [-0.2, 0) is 4.79 Å². The number of carbonyl (C=O) groups is 1. The van der Waals surface area contributed by atoms with Crippen molar-refractivity contribution in [3.63, 3.8) is 0 Å². The molecule has 0 radical (unpaired) electrons. The summed E-state index contributed by atoms with van der Waals surface area (Å²) in [5.41, 5.74) is 0.0517. The van der Waals surface area contributed by atoms with Gasteiger partial charge in [0.1, 0.15) is 28.8 Å². The Morgan fingerprint density at radius 1 is 1.00 bits per heavy atom. The van der Waals surface area contributed by atoms with Crippen molar-refractivity contribution in [3.05, 3.63) is 59.7 Å². The highest BCUT2D eigenvalue weighted by Gasteiger charge is 2.11. The lowest BCUT2D eigenvalue weighted by atomic mass is 10.1. The Morgan fingerprint density at radius 2 is 1.52 bits per heavy atom. The third kappa shape index (κ3) is 3.85. The maximum atomic E-state index is 13.5. The molecule has 0 aliphatic rings. The van der Waals surface area contributed by atoms with E-state index in [9.17, 15) is 13.6 Å². The molecule has 0 saturated carbocycles.